The molecule has 4 rings (SSSR count). The van der Waals surface area contributed by atoms with Crippen molar-refractivity contribution in [1.82, 2.24) is 20.0 Å². The van der Waals surface area contributed by atoms with E-state index in [0.29, 0.717) is 22.2 Å². The smallest absolute Gasteiger partial charge is 0.247 e. The summed E-state index contributed by atoms with van der Waals surface area (Å²) in [7, 11) is 5.06. The van der Waals surface area contributed by atoms with E-state index in [1.165, 1.54) is 6.08 Å². The molecular weight excluding hydrogens is 430 g/mol. The number of anilines is 1. The maximum Gasteiger partial charge on any atom is 0.247 e. The molecule has 1 atom stereocenters. The van der Waals surface area contributed by atoms with E-state index in [2.05, 4.69) is 27.2 Å². The number of aromatic nitrogens is 4. The second kappa shape index (κ2) is 8.70. The molecule has 1 aliphatic rings. The summed E-state index contributed by atoms with van der Waals surface area (Å²) in [5.41, 5.74) is 6.20. The summed E-state index contributed by atoms with van der Waals surface area (Å²) in [4.78, 5) is 11.8. The highest BCUT2D eigenvalue weighted by Crippen LogP contribution is 2.45. The first-order valence-electron chi connectivity index (χ1n) is 10.3. The number of nitrogens with zero attached hydrogens (tertiary/aromatic N) is 3. The van der Waals surface area contributed by atoms with Gasteiger partial charge in [-0.1, -0.05) is 18.2 Å². The normalized spacial score (nSPS) is 15.2. The van der Waals surface area contributed by atoms with Crippen molar-refractivity contribution in [2.45, 2.75) is 32.1 Å². The Bertz CT molecular complexity index is 1170. The molecule has 1 amide bonds. The molecule has 9 heteroatoms. The molecule has 0 aliphatic heterocycles. The minimum atomic E-state index is -0.291. The third-order valence-corrected chi connectivity index (χ3v) is 6.37. The largest absolute Gasteiger partial charge is 0.496 e. The number of halogens is 1. The van der Waals surface area contributed by atoms with Crippen LogP contribution in [0.4, 0.5) is 5.69 Å². The van der Waals surface area contributed by atoms with Crippen molar-refractivity contribution in [2.24, 2.45) is 7.05 Å². The second-order valence-electron chi connectivity index (χ2n) is 7.86. The zero-order valence-corrected chi connectivity index (χ0v) is 19.3. The van der Waals surface area contributed by atoms with Crippen molar-refractivity contribution in [3.05, 3.63) is 52.3 Å². The molecule has 2 N–H and O–H groups in total. The molecule has 1 aliphatic carbocycles. The number of benzene rings is 1. The first-order chi connectivity index (χ1) is 15.4. The van der Waals surface area contributed by atoms with Crippen LogP contribution >= 0.6 is 11.6 Å². The molecule has 0 saturated carbocycles. The van der Waals surface area contributed by atoms with Gasteiger partial charge in [0, 0.05) is 30.6 Å². The van der Waals surface area contributed by atoms with E-state index in [-0.39, 0.29) is 11.8 Å². The molecular formula is C23H26ClN5O3. The Kier molecular flexibility index (Phi) is 5.97. The van der Waals surface area contributed by atoms with Gasteiger partial charge in [-0.05, 0) is 49.3 Å². The van der Waals surface area contributed by atoms with Crippen molar-refractivity contribution in [3.8, 4) is 22.9 Å². The van der Waals surface area contributed by atoms with Gasteiger partial charge in [0.1, 0.15) is 22.9 Å². The third-order valence-electron chi connectivity index (χ3n) is 5.98. The number of aryl methyl sites for hydroxylation is 1. The van der Waals surface area contributed by atoms with Crippen LogP contribution in [0.15, 0.2) is 24.9 Å². The van der Waals surface area contributed by atoms with Crippen LogP contribution < -0.4 is 14.8 Å². The second-order valence-corrected chi connectivity index (χ2v) is 8.24. The Morgan fingerprint density at radius 2 is 2.09 bits per heavy atom. The lowest BCUT2D eigenvalue weighted by Gasteiger charge is -2.26. The molecule has 2 heterocycles. The standard InChI is InChI=1S/C23H26ClN5O3/c1-6-19(30)25-16-11-29(3)28-23(16)22-14-8-7-13(9-15(14)26-27-22)20-12(2)17(31-4)10-18(32-5)21(20)24/h6,10-11,13H,1,7-9H2,2-5H3,(H,25,30)(H,26,27). The van der Waals surface area contributed by atoms with Gasteiger partial charge in [-0.25, -0.2) is 0 Å². The van der Waals surface area contributed by atoms with Gasteiger partial charge in [0.15, 0.2) is 0 Å². The number of hydrogen-bond donors (Lipinski definition) is 2. The first kappa shape index (κ1) is 22.0. The molecule has 0 fully saturated rings. The van der Waals surface area contributed by atoms with E-state index >= 15 is 0 Å². The lowest BCUT2D eigenvalue weighted by molar-refractivity contribution is -0.111. The number of methoxy groups -OCH3 is 2. The Labute approximate surface area is 191 Å². The number of ether oxygens (including phenoxy) is 2. The number of H-pyrrole nitrogens is 1. The average molecular weight is 456 g/mol. The molecule has 0 saturated heterocycles. The summed E-state index contributed by atoms with van der Waals surface area (Å²) in [5, 5.41) is 15.7. The van der Waals surface area contributed by atoms with E-state index in [9.17, 15) is 4.79 Å². The van der Waals surface area contributed by atoms with Crippen LogP contribution in [0.5, 0.6) is 11.5 Å². The Hall–Kier alpha value is -3.26. The maximum atomic E-state index is 11.8. The lowest BCUT2D eigenvalue weighted by atomic mass is 9.80. The molecule has 2 aromatic heterocycles. The molecule has 8 nitrogen and oxygen atoms in total. The van der Waals surface area contributed by atoms with Crippen LogP contribution in [0, 0.1) is 6.92 Å². The van der Waals surface area contributed by atoms with Crippen molar-refractivity contribution >= 4 is 23.2 Å². The molecule has 0 bridgehead atoms. The maximum absolute atomic E-state index is 11.8. The van der Waals surface area contributed by atoms with Gasteiger partial charge in [0.05, 0.1) is 24.9 Å². The minimum Gasteiger partial charge on any atom is -0.496 e. The topological polar surface area (TPSA) is 94.1 Å². The van der Waals surface area contributed by atoms with Crippen LogP contribution in [-0.2, 0) is 24.7 Å². The Morgan fingerprint density at radius 1 is 1.34 bits per heavy atom. The van der Waals surface area contributed by atoms with Crippen LogP contribution in [0.2, 0.25) is 5.02 Å². The van der Waals surface area contributed by atoms with E-state index < -0.39 is 0 Å². The minimum absolute atomic E-state index is 0.191. The highest BCUT2D eigenvalue weighted by Gasteiger charge is 2.31. The fourth-order valence-corrected chi connectivity index (χ4v) is 4.88. The quantitative estimate of drug-likeness (QED) is 0.543. The number of carbonyl (C=O) groups is 1. The Morgan fingerprint density at radius 3 is 2.78 bits per heavy atom. The van der Waals surface area contributed by atoms with E-state index in [4.69, 9.17) is 21.1 Å². The molecule has 168 valence electrons. The fraction of sp³-hybridized carbons (Fsp3) is 0.348. The van der Waals surface area contributed by atoms with Crippen LogP contribution in [0.1, 0.15) is 34.7 Å². The van der Waals surface area contributed by atoms with Crippen molar-refractivity contribution in [3.63, 3.8) is 0 Å². The molecule has 32 heavy (non-hydrogen) atoms. The fourth-order valence-electron chi connectivity index (χ4n) is 4.45. The van der Waals surface area contributed by atoms with E-state index in [1.807, 2.05) is 20.0 Å². The monoisotopic (exact) mass is 455 g/mol. The van der Waals surface area contributed by atoms with Crippen molar-refractivity contribution < 1.29 is 14.3 Å². The highest BCUT2D eigenvalue weighted by atomic mass is 35.5. The van der Waals surface area contributed by atoms with E-state index in [1.54, 1.807) is 25.1 Å². The summed E-state index contributed by atoms with van der Waals surface area (Å²) in [6.07, 6.45) is 5.43. The van der Waals surface area contributed by atoms with Crippen molar-refractivity contribution in [1.29, 1.82) is 0 Å². The SMILES string of the molecule is C=CC(=O)Nc1cn(C)nc1-c1n[nH]c2c1CCC(c1c(C)c(OC)cc(OC)c1Cl)C2. The number of fused-ring (bicyclic) bond motifs is 1. The number of rotatable bonds is 6. The summed E-state index contributed by atoms with van der Waals surface area (Å²) in [6, 6.07) is 1.82. The highest BCUT2D eigenvalue weighted by molar-refractivity contribution is 6.33. The number of hydrogen-bond acceptors (Lipinski definition) is 5. The lowest BCUT2D eigenvalue weighted by Crippen LogP contribution is -2.15. The Balaban J connectivity index is 1.70. The summed E-state index contributed by atoms with van der Waals surface area (Å²) < 4.78 is 12.7. The van der Waals surface area contributed by atoms with Gasteiger partial charge in [-0.3, -0.25) is 14.6 Å². The molecule has 1 unspecified atom stereocenters. The van der Waals surface area contributed by atoms with Gasteiger partial charge in [0.25, 0.3) is 0 Å². The molecule has 1 aromatic carbocycles. The molecule has 3 aromatic rings. The number of amides is 1. The first-order valence-corrected chi connectivity index (χ1v) is 10.7. The van der Waals surface area contributed by atoms with Gasteiger partial charge in [-0.2, -0.15) is 10.2 Å². The average Bonchev–Trinajstić information content (AvgIpc) is 3.36. The van der Waals surface area contributed by atoms with Gasteiger partial charge < -0.3 is 14.8 Å². The predicted octanol–water partition coefficient (Wildman–Crippen LogP) is 4.19. The zero-order chi connectivity index (χ0) is 23.0. The molecule has 0 radical (unpaired) electrons. The predicted molar refractivity (Wildman–Crippen MR) is 124 cm³/mol. The number of nitrogens with one attached hydrogen (secondary N) is 2. The molecule has 0 spiro atoms. The third kappa shape index (κ3) is 3.75. The van der Waals surface area contributed by atoms with Gasteiger partial charge in [-0.15, -0.1) is 0 Å². The van der Waals surface area contributed by atoms with E-state index in [0.717, 1.165) is 53.1 Å². The van der Waals surface area contributed by atoms with Crippen LogP contribution in [0.25, 0.3) is 11.4 Å². The van der Waals surface area contributed by atoms with Gasteiger partial charge >= 0.3 is 0 Å². The van der Waals surface area contributed by atoms with Crippen LogP contribution in [0.3, 0.4) is 0 Å². The summed E-state index contributed by atoms with van der Waals surface area (Å²) >= 11 is 6.72. The zero-order valence-electron chi connectivity index (χ0n) is 18.6. The number of carbonyl (C=O) groups excluding carboxylic acids is 1. The van der Waals surface area contributed by atoms with Gasteiger partial charge in [0.2, 0.25) is 5.91 Å². The van der Waals surface area contributed by atoms with Crippen molar-refractivity contribution in [2.75, 3.05) is 19.5 Å². The summed E-state index contributed by atoms with van der Waals surface area (Å²) in [5.74, 6) is 1.27. The number of aromatic amines is 1. The summed E-state index contributed by atoms with van der Waals surface area (Å²) in [6.45, 7) is 5.54. The van der Waals surface area contributed by atoms with Crippen LogP contribution in [-0.4, -0.2) is 40.1 Å².